The van der Waals surface area contributed by atoms with E-state index in [0.29, 0.717) is 21.3 Å². The molecular formula is C15H13Cl2N5O2S. The molecule has 0 aliphatic carbocycles. The van der Waals surface area contributed by atoms with Crippen molar-refractivity contribution in [3.05, 3.63) is 64.4 Å². The van der Waals surface area contributed by atoms with Gasteiger partial charge in [0, 0.05) is 16.1 Å². The summed E-state index contributed by atoms with van der Waals surface area (Å²) >= 11 is 12.0. The second-order valence-corrected chi connectivity index (χ2v) is 7.82. The third kappa shape index (κ3) is 3.98. The Kier molecular flexibility index (Phi) is 5.05. The number of sulfonamides is 1. The Balaban J connectivity index is 1.88. The van der Waals surface area contributed by atoms with Crippen molar-refractivity contribution in [3.63, 3.8) is 0 Å². The first-order chi connectivity index (χ1) is 11.9. The Hall–Kier alpha value is -2.00. The lowest BCUT2D eigenvalue weighted by atomic mass is 10.1. The zero-order valence-corrected chi connectivity index (χ0v) is 15.3. The Morgan fingerprint density at radius 3 is 2.64 bits per heavy atom. The number of benzene rings is 2. The normalized spacial score (nSPS) is 12.9. The number of rotatable bonds is 5. The van der Waals surface area contributed by atoms with Gasteiger partial charge < -0.3 is 0 Å². The second kappa shape index (κ2) is 7.09. The fourth-order valence-corrected chi connectivity index (χ4v) is 4.12. The van der Waals surface area contributed by atoms with Gasteiger partial charge in [-0.3, -0.25) is 0 Å². The first-order valence-electron chi connectivity index (χ1n) is 7.17. The van der Waals surface area contributed by atoms with Gasteiger partial charge in [0.1, 0.15) is 6.33 Å². The van der Waals surface area contributed by atoms with Crippen LogP contribution in [-0.2, 0) is 10.0 Å². The van der Waals surface area contributed by atoms with Crippen LogP contribution in [0.1, 0.15) is 18.5 Å². The van der Waals surface area contributed by atoms with Crippen LogP contribution in [0, 0.1) is 0 Å². The Labute approximate surface area is 154 Å². The van der Waals surface area contributed by atoms with Crippen LogP contribution in [0.25, 0.3) is 5.69 Å². The molecule has 1 heterocycles. The molecule has 0 amide bonds. The van der Waals surface area contributed by atoms with Crippen LogP contribution in [0.2, 0.25) is 10.0 Å². The molecule has 0 fully saturated rings. The zero-order valence-electron chi connectivity index (χ0n) is 13.0. The summed E-state index contributed by atoms with van der Waals surface area (Å²) < 4.78 is 29.3. The van der Waals surface area contributed by atoms with E-state index >= 15 is 0 Å². The van der Waals surface area contributed by atoms with E-state index in [1.165, 1.54) is 23.1 Å². The number of hydrogen-bond donors (Lipinski definition) is 1. The molecular weight excluding hydrogens is 385 g/mol. The highest BCUT2D eigenvalue weighted by atomic mass is 35.5. The Bertz CT molecular complexity index is 993. The Morgan fingerprint density at radius 1 is 1.16 bits per heavy atom. The number of nitrogens with zero attached hydrogens (tertiary/aromatic N) is 4. The number of halogens is 2. The fourth-order valence-electron chi connectivity index (χ4n) is 2.29. The number of nitrogens with one attached hydrogen (secondary N) is 1. The largest absolute Gasteiger partial charge is 0.241 e. The molecule has 1 N–H and O–H groups in total. The summed E-state index contributed by atoms with van der Waals surface area (Å²) in [4.78, 5) is 0.0948. The van der Waals surface area contributed by atoms with E-state index in [9.17, 15) is 8.42 Å². The first-order valence-corrected chi connectivity index (χ1v) is 9.41. The summed E-state index contributed by atoms with van der Waals surface area (Å²) in [6.45, 7) is 1.71. The van der Waals surface area contributed by atoms with Crippen LogP contribution in [0.4, 0.5) is 0 Å². The molecule has 3 aromatic rings. The minimum atomic E-state index is -3.77. The van der Waals surface area contributed by atoms with Crippen molar-refractivity contribution in [2.24, 2.45) is 0 Å². The molecule has 0 aliphatic heterocycles. The molecule has 2 aromatic carbocycles. The van der Waals surface area contributed by atoms with Crippen molar-refractivity contribution in [2.45, 2.75) is 17.9 Å². The highest BCUT2D eigenvalue weighted by molar-refractivity contribution is 7.89. The summed E-state index contributed by atoms with van der Waals surface area (Å²) in [5, 5.41) is 11.7. The lowest BCUT2D eigenvalue weighted by Crippen LogP contribution is -2.27. The van der Waals surface area contributed by atoms with E-state index in [4.69, 9.17) is 23.2 Å². The summed E-state index contributed by atoms with van der Waals surface area (Å²) in [7, 11) is -3.77. The van der Waals surface area contributed by atoms with E-state index in [2.05, 4.69) is 20.2 Å². The van der Waals surface area contributed by atoms with Crippen LogP contribution >= 0.6 is 23.2 Å². The standard InChI is InChI=1S/C15H13Cl2N5O2S/c1-10(14-6-5-11(16)7-15(14)17)19-25(23,24)13-4-2-3-12(8-13)22-9-18-20-21-22/h2-10,19H,1H3. The van der Waals surface area contributed by atoms with Gasteiger partial charge in [0.05, 0.1) is 10.6 Å². The van der Waals surface area contributed by atoms with E-state index in [0.717, 1.165) is 0 Å². The van der Waals surface area contributed by atoms with Crippen LogP contribution in [0.3, 0.4) is 0 Å². The Morgan fingerprint density at radius 2 is 1.96 bits per heavy atom. The van der Waals surface area contributed by atoms with Crippen LogP contribution in [0.5, 0.6) is 0 Å². The van der Waals surface area contributed by atoms with Gasteiger partial charge in [0.2, 0.25) is 10.0 Å². The van der Waals surface area contributed by atoms with Crippen molar-refractivity contribution in [2.75, 3.05) is 0 Å². The molecule has 0 radical (unpaired) electrons. The van der Waals surface area contributed by atoms with Crippen LogP contribution in [-0.4, -0.2) is 28.6 Å². The van der Waals surface area contributed by atoms with Gasteiger partial charge in [-0.05, 0) is 53.2 Å². The van der Waals surface area contributed by atoms with E-state index in [-0.39, 0.29) is 4.90 Å². The van der Waals surface area contributed by atoms with Crippen molar-refractivity contribution in [1.82, 2.24) is 24.9 Å². The molecule has 10 heteroatoms. The number of tetrazole rings is 1. The molecule has 130 valence electrons. The van der Waals surface area contributed by atoms with Gasteiger partial charge in [-0.1, -0.05) is 35.3 Å². The summed E-state index contributed by atoms with van der Waals surface area (Å²) in [5.41, 5.74) is 1.16. The van der Waals surface area contributed by atoms with E-state index in [1.54, 1.807) is 37.3 Å². The fraction of sp³-hybridized carbons (Fsp3) is 0.133. The molecule has 0 saturated carbocycles. The monoisotopic (exact) mass is 397 g/mol. The molecule has 1 atom stereocenters. The maximum Gasteiger partial charge on any atom is 0.241 e. The number of hydrogen-bond acceptors (Lipinski definition) is 5. The summed E-state index contributed by atoms with van der Waals surface area (Å²) in [6.07, 6.45) is 1.38. The lowest BCUT2D eigenvalue weighted by Gasteiger charge is -2.16. The molecule has 3 rings (SSSR count). The predicted molar refractivity (Wildman–Crippen MR) is 94.4 cm³/mol. The molecule has 0 aliphatic rings. The van der Waals surface area contributed by atoms with Gasteiger partial charge in [-0.15, -0.1) is 5.10 Å². The molecule has 7 nitrogen and oxygen atoms in total. The van der Waals surface area contributed by atoms with Gasteiger partial charge in [0.25, 0.3) is 0 Å². The van der Waals surface area contributed by atoms with Gasteiger partial charge >= 0.3 is 0 Å². The molecule has 0 saturated heterocycles. The average Bonchev–Trinajstić information content (AvgIpc) is 3.09. The van der Waals surface area contributed by atoms with Crippen molar-refractivity contribution >= 4 is 33.2 Å². The smallest absolute Gasteiger partial charge is 0.207 e. The highest BCUT2D eigenvalue weighted by Crippen LogP contribution is 2.27. The zero-order chi connectivity index (χ0) is 18.0. The molecule has 1 aromatic heterocycles. The topological polar surface area (TPSA) is 89.8 Å². The maximum absolute atomic E-state index is 12.7. The van der Waals surface area contributed by atoms with Crippen LogP contribution < -0.4 is 4.72 Å². The SMILES string of the molecule is CC(NS(=O)(=O)c1cccc(-n2cnnn2)c1)c1ccc(Cl)cc1Cl. The van der Waals surface area contributed by atoms with E-state index in [1.807, 2.05) is 0 Å². The average molecular weight is 398 g/mol. The molecule has 1 unspecified atom stereocenters. The summed E-state index contributed by atoms with van der Waals surface area (Å²) in [6, 6.07) is 10.7. The molecule has 0 spiro atoms. The van der Waals surface area contributed by atoms with Crippen molar-refractivity contribution in [3.8, 4) is 5.69 Å². The highest BCUT2D eigenvalue weighted by Gasteiger charge is 2.20. The predicted octanol–water partition coefficient (Wildman–Crippen LogP) is 3.01. The van der Waals surface area contributed by atoms with Crippen molar-refractivity contribution in [1.29, 1.82) is 0 Å². The second-order valence-electron chi connectivity index (χ2n) is 5.26. The van der Waals surface area contributed by atoms with Crippen molar-refractivity contribution < 1.29 is 8.42 Å². The lowest BCUT2D eigenvalue weighted by molar-refractivity contribution is 0.567. The van der Waals surface area contributed by atoms with Gasteiger partial charge in [0.15, 0.2) is 0 Å². The minimum Gasteiger partial charge on any atom is -0.207 e. The van der Waals surface area contributed by atoms with E-state index < -0.39 is 16.1 Å². The minimum absolute atomic E-state index is 0.0948. The molecule has 0 bridgehead atoms. The number of aromatic nitrogens is 4. The summed E-state index contributed by atoms with van der Waals surface area (Å²) in [5.74, 6) is 0. The van der Waals surface area contributed by atoms with Crippen LogP contribution in [0.15, 0.2) is 53.7 Å². The third-order valence-corrected chi connectivity index (χ3v) is 5.60. The first kappa shape index (κ1) is 17.8. The quantitative estimate of drug-likeness (QED) is 0.714. The van der Waals surface area contributed by atoms with Gasteiger partial charge in [-0.2, -0.15) is 0 Å². The van der Waals surface area contributed by atoms with Gasteiger partial charge in [-0.25, -0.2) is 17.8 Å². The maximum atomic E-state index is 12.7. The third-order valence-electron chi connectivity index (χ3n) is 3.50. The molecule has 25 heavy (non-hydrogen) atoms.